The van der Waals surface area contributed by atoms with Gasteiger partial charge in [-0.15, -0.1) is 0 Å². The number of fused-ring (bicyclic) bond motifs is 1. The van der Waals surface area contributed by atoms with Gasteiger partial charge in [0.2, 0.25) is 0 Å². The standard InChI is InChI=1S/C22H25ClN4O2/c23-18-6-3-7-19(10-18)25-12-17(11-24)22(29)27-14-21(28)13-26-20-8-15-4-1-2-5-16(15)9-20/h1-7,10-12,20-21,26,28H,8-9,13-14,24H2,(H,27,29)/t21-/m1/s1. The van der Waals surface area contributed by atoms with Crippen molar-refractivity contribution in [1.29, 1.82) is 0 Å². The Morgan fingerprint density at radius 2 is 1.93 bits per heavy atom. The highest BCUT2D eigenvalue weighted by molar-refractivity contribution is 6.30. The summed E-state index contributed by atoms with van der Waals surface area (Å²) in [7, 11) is 0. The molecule has 1 aliphatic carbocycles. The number of nitrogens with two attached hydrogens (primary N) is 1. The lowest BCUT2D eigenvalue weighted by Crippen LogP contribution is -2.42. The molecule has 0 aliphatic heterocycles. The topological polar surface area (TPSA) is 99.7 Å². The molecular formula is C22H25ClN4O2. The molecule has 0 saturated heterocycles. The second kappa shape index (κ2) is 10.2. The number of aliphatic hydroxyl groups excluding tert-OH is 1. The Hall–Kier alpha value is -2.67. The monoisotopic (exact) mass is 412 g/mol. The number of halogens is 1. The minimum Gasteiger partial charge on any atom is -0.404 e. The second-order valence-electron chi connectivity index (χ2n) is 7.01. The van der Waals surface area contributed by atoms with Gasteiger partial charge < -0.3 is 21.5 Å². The van der Waals surface area contributed by atoms with E-state index in [1.807, 2.05) is 12.1 Å². The van der Waals surface area contributed by atoms with Crippen LogP contribution in [0.4, 0.5) is 5.69 Å². The number of nitrogens with one attached hydrogen (secondary N) is 2. The molecule has 0 fully saturated rings. The van der Waals surface area contributed by atoms with Gasteiger partial charge in [-0.1, -0.05) is 41.9 Å². The van der Waals surface area contributed by atoms with E-state index < -0.39 is 12.0 Å². The molecule has 6 nitrogen and oxygen atoms in total. The molecule has 1 amide bonds. The first kappa shape index (κ1) is 21.0. The van der Waals surface area contributed by atoms with E-state index in [1.54, 1.807) is 24.3 Å². The van der Waals surface area contributed by atoms with Gasteiger partial charge in [0.15, 0.2) is 0 Å². The maximum atomic E-state index is 12.3. The molecule has 0 saturated carbocycles. The number of carbonyl (C=O) groups is 1. The van der Waals surface area contributed by atoms with Crippen LogP contribution in [0.15, 0.2) is 65.3 Å². The average Bonchev–Trinajstić information content (AvgIpc) is 3.14. The zero-order valence-corrected chi connectivity index (χ0v) is 16.8. The molecule has 29 heavy (non-hydrogen) atoms. The lowest BCUT2D eigenvalue weighted by molar-refractivity contribution is -0.117. The number of rotatable bonds is 8. The van der Waals surface area contributed by atoms with Crippen molar-refractivity contribution < 1.29 is 9.90 Å². The van der Waals surface area contributed by atoms with Crippen LogP contribution in [0.5, 0.6) is 0 Å². The van der Waals surface area contributed by atoms with Crippen LogP contribution in [0.3, 0.4) is 0 Å². The van der Waals surface area contributed by atoms with Gasteiger partial charge in [0.1, 0.15) is 0 Å². The summed E-state index contributed by atoms with van der Waals surface area (Å²) in [6.07, 6.45) is 3.77. The third-order valence-corrected chi connectivity index (χ3v) is 5.03. The average molecular weight is 413 g/mol. The van der Waals surface area contributed by atoms with Crippen molar-refractivity contribution in [1.82, 2.24) is 10.6 Å². The number of hydrogen-bond donors (Lipinski definition) is 4. The Morgan fingerprint density at radius 1 is 1.21 bits per heavy atom. The summed E-state index contributed by atoms with van der Waals surface area (Å²) < 4.78 is 0. The Morgan fingerprint density at radius 3 is 2.59 bits per heavy atom. The summed E-state index contributed by atoms with van der Waals surface area (Å²) in [5, 5.41) is 16.8. The molecule has 0 bridgehead atoms. The molecule has 0 aromatic heterocycles. The smallest absolute Gasteiger partial charge is 0.254 e. The number of nitrogens with zero attached hydrogens (tertiary/aromatic N) is 1. The molecule has 1 atom stereocenters. The molecule has 0 radical (unpaired) electrons. The van der Waals surface area contributed by atoms with Gasteiger partial charge in [-0.2, -0.15) is 0 Å². The van der Waals surface area contributed by atoms with E-state index in [0.29, 0.717) is 23.3 Å². The van der Waals surface area contributed by atoms with E-state index in [9.17, 15) is 9.90 Å². The first-order valence-corrected chi connectivity index (χ1v) is 9.91. The largest absolute Gasteiger partial charge is 0.404 e. The summed E-state index contributed by atoms with van der Waals surface area (Å²) in [5.41, 5.74) is 9.07. The number of aliphatic hydroxyl groups is 1. The molecule has 2 aromatic carbocycles. The van der Waals surface area contributed by atoms with Crippen LogP contribution in [0.25, 0.3) is 0 Å². The van der Waals surface area contributed by atoms with Crippen LogP contribution in [0.2, 0.25) is 5.02 Å². The van der Waals surface area contributed by atoms with Crippen LogP contribution >= 0.6 is 11.6 Å². The molecule has 7 heteroatoms. The maximum absolute atomic E-state index is 12.3. The van der Waals surface area contributed by atoms with Crippen molar-refractivity contribution in [2.75, 3.05) is 13.1 Å². The SMILES string of the molecule is NC=C(C=Nc1cccc(Cl)c1)C(=O)NC[C@H](O)CNC1Cc2ccccc2C1. The molecule has 152 valence electrons. The predicted octanol–water partition coefficient (Wildman–Crippen LogP) is 2.12. The summed E-state index contributed by atoms with van der Waals surface area (Å²) in [4.78, 5) is 16.5. The molecule has 0 unspecified atom stereocenters. The van der Waals surface area contributed by atoms with Gasteiger partial charge in [0, 0.05) is 36.6 Å². The van der Waals surface area contributed by atoms with Crippen LogP contribution in [0.1, 0.15) is 11.1 Å². The maximum Gasteiger partial charge on any atom is 0.254 e. The summed E-state index contributed by atoms with van der Waals surface area (Å²) >= 11 is 5.92. The Kier molecular flexibility index (Phi) is 7.41. The molecule has 3 rings (SSSR count). The van der Waals surface area contributed by atoms with Crippen molar-refractivity contribution in [2.45, 2.75) is 25.0 Å². The lowest BCUT2D eigenvalue weighted by Gasteiger charge is -2.16. The minimum atomic E-state index is -0.702. The fraction of sp³-hybridized carbons (Fsp3) is 0.273. The Bertz CT molecular complexity index is 888. The van der Waals surface area contributed by atoms with Crippen LogP contribution in [0, 0.1) is 0 Å². The molecule has 5 N–H and O–H groups in total. The van der Waals surface area contributed by atoms with Gasteiger partial charge in [0.25, 0.3) is 5.91 Å². The molecule has 2 aromatic rings. The Balaban J connectivity index is 1.42. The zero-order chi connectivity index (χ0) is 20.6. The van der Waals surface area contributed by atoms with Gasteiger partial charge in [-0.25, -0.2) is 0 Å². The van der Waals surface area contributed by atoms with Crippen molar-refractivity contribution in [3.63, 3.8) is 0 Å². The number of hydrogen-bond acceptors (Lipinski definition) is 5. The number of amides is 1. The van der Waals surface area contributed by atoms with Gasteiger partial charge >= 0.3 is 0 Å². The van der Waals surface area contributed by atoms with Crippen molar-refractivity contribution in [2.24, 2.45) is 10.7 Å². The van der Waals surface area contributed by atoms with Crippen LogP contribution in [-0.2, 0) is 17.6 Å². The third-order valence-electron chi connectivity index (χ3n) is 4.79. The quantitative estimate of drug-likeness (QED) is 0.394. The minimum absolute atomic E-state index is 0.119. The van der Waals surface area contributed by atoms with E-state index in [0.717, 1.165) is 12.8 Å². The number of benzene rings is 2. The normalized spacial score (nSPS) is 15.4. The fourth-order valence-corrected chi connectivity index (χ4v) is 3.45. The molecular weight excluding hydrogens is 388 g/mol. The number of carbonyl (C=O) groups excluding carboxylic acids is 1. The van der Waals surface area contributed by atoms with Crippen LogP contribution in [-0.4, -0.2) is 42.5 Å². The van der Waals surface area contributed by atoms with E-state index in [1.165, 1.54) is 23.5 Å². The van der Waals surface area contributed by atoms with Crippen molar-refractivity contribution >= 4 is 29.4 Å². The van der Waals surface area contributed by atoms with Crippen molar-refractivity contribution in [3.8, 4) is 0 Å². The highest BCUT2D eigenvalue weighted by Crippen LogP contribution is 2.21. The molecule has 0 spiro atoms. The highest BCUT2D eigenvalue weighted by Gasteiger charge is 2.21. The predicted molar refractivity (Wildman–Crippen MR) is 117 cm³/mol. The van der Waals surface area contributed by atoms with Gasteiger partial charge in [-0.3, -0.25) is 9.79 Å². The summed E-state index contributed by atoms with van der Waals surface area (Å²) in [5.74, 6) is -0.398. The van der Waals surface area contributed by atoms with E-state index in [4.69, 9.17) is 17.3 Å². The van der Waals surface area contributed by atoms with E-state index >= 15 is 0 Å². The summed E-state index contributed by atoms with van der Waals surface area (Å²) in [6.45, 7) is 0.519. The zero-order valence-electron chi connectivity index (χ0n) is 16.0. The lowest BCUT2D eigenvalue weighted by atomic mass is 10.1. The first-order valence-electron chi connectivity index (χ1n) is 9.53. The highest BCUT2D eigenvalue weighted by atomic mass is 35.5. The van der Waals surface area contributed by atoms with Crippen molar-refractivity contribution in [3.05, 3.63) is 76.5 Å². The Labute approximate surface area is 175 Å². The molecule has 0 heterocycles. The second-order valence-corrected chi connectivity index (χ2v) is 7.44. The van der Waals surface area contributed by atoms with E-state index in [-0.39, 0.29) is 12.1 Å². The third kappa shape index (κ3) is 6.15. The fourth-order valence-electron chi connectivity index (χ4n) is 3.27. The summed E-state index contributed by atoms with van der Waals surface area (Å²) in [6, 6.07) is 15.6. The molecule has 1 aliphatic rings. The van der Waals surface area contributed by atoms with E-state index in [2.05, 4.69) is 27.8 Å². The first-order chi connectivity index (χ1) is 14.0. The van der Waals surface area contributed by atoms with Gasteiger partial charge in [-0.05, 0) is 42.2 Å². The van der Waals surface area contributed by atoms with Gasteiger partial charge in [0.05, 0.1) is 17.4 Å². The number of aliphatic imine (C=N–C) groups is 1. The van der Waals surface area contributed by atoms with Crippen LogP contribution < -0.4 is 16.4 Å².